The van der Waals surface area contributed by atoms with Crippen LogP contribution in [0.5, 0.6) is 0 Å². The van der Waals surface area contributed by atoms with E-state index in [0.717, 1.165) is 44.2 Å². The minimum atomic E-state index is 0.798. The van der Waals surface area contributed by atoms with Crippen LogP contribution in [0.15, 0.2) is 12.4 Å². The molecule has 0 aliphatic carbocycles. The quantitative estimate of drug-likeness (QED) is 0.852. The number of likely N-dealkylation sites (N-methyl/N-ethyl adjacent to an activating group) is 1. The highest BCUT2D eigenvalue weighted by atomic mass is 15.2. The number of rotatable bonds is 4. The smallest absolute Gasteiger partial charge is 0.147 e. The molecule has 0 unspecified atom stereocenters. The fourth-order valence-electron chi connectivity index (χ4n) is 2.13. The molecule has 1 saturated heterocycles. The molecule has 1 aromatic heterocycles. The Labute approximate surface area is 109 Å². The van der Waals surface area contributed by atoms with Gasteiger partial charge in [0.05, 0.1) is 18.1 Å². The summed E-state index contributed by atoms with van der Waals surface area (Å²) in [5.41, 5.74) is 1.01. The van der Waals surface area contributed by atoms with Gasteiger partial charge in [0.25, 0.3) is 0 Å². The van der Waals surface area contributed by atoms with Crippen molar-refractivity contribution in [3.63, 3.8) is 0 Å². The van der Waals surface area contributed by atoms with E-state index >= 15 is 0 Å². The van der Waals surface area contributed by atoms with Crippen LogP contribution in [0.1, 0.15) is 19.0 Å². The molecule has 1 N–H and O–H groups in total. The topological polar surface area (TPSA) is 44.3 Å². The second-order valence-electron chi connectivity index (χ2n) is 4.79. The van der Waals surface area contributed by atoms with Gasteiger partial charge in [-0.3, -0.25) is 4.98 Å². The number of hydrogen-bond donors (Lipinski definition) is 1. The maximum absolute atomic E-state index is 4.53. The largest absolute Gasteiger partial charge is 0.354 e. The summed E-state index contributed by atoms with van der Waals surface area (Å²) in [5, 5.41) is 3.26. The van der Waals surface area contributed by atoms with Crippen molar-refractivity contribution in [3.05, 3.63) is 18.1 Å². The molecular formula is C13H23N5. The molecule has 0 saturated carbocycles. The van der Waals surface area contributed by atoms with Crippen LogP contribution in [0.4, 0.5) is 5.82 Å². The third-order valence-electron chi connectivity index (χ3n) is 3.29. The van der Waals surface area contributed by atoms with E-state index in [-0.39, 0.29) is 0 Å². The Kier molecular flexibility index (Phi) is 4.90. The second kappa shape index (κ2) is 6.66. The maximum atomic E-state index is 4.53. The molecule has 1 fully saturated rings. The third-order valence-corrected chi connectivity index (χ3v) is 3.29. The molecule has 2 rings (SSSR count). The number of hydrogen-bond acceptors (Lipinski definition) is 5. The van der Waals surface area contributed by atoms with Crippen molar-refractivity contribution in [1.82, 2.24) is 20.2 Å². The lowest BCUT2D eigenvalue weighted by atomic mass is 10.4. The van der Waals surface area contributed by atoms with Gasteiger partial charge in [0.1, 0.15) is 5.82 Å². The first kappa shape index (κ1) is 13.2. The molecule has 0 radical (unpaired) electrons. The van der Waals surface area contributed by atoms with E-state index in [0.29, 0.717) is 0 Å². The lowest BCUT2D eigenvalue weighted by Gasteiger charge is -2.21. The Morgan fingerprint density at radius 3 is 2.78 bits per heavy atom. The van der Waals surface area contributed by atoms with Gasteiger partial charge in [0, 0.05) is 26.2 Å². The van der Waals surface area contributed by atoms with Crippen LogP contribution < -0.4 is 10.2 Å². The van der Waals surface area contributed by atoms with Crippen LogP contribution in [0.3, 0.4) is 0 Å². The van der Waals surface area contributed by atoms with E-state index in [2.05, 4.69) is 39.1 Å². The Hall–Kier alpha value is -1.20. The van der Waals surface area contributed by atoms with E-state index in [9.17, 15) is 0 Å². The number of nitrogens with zero attached hydrogens (tertiary/aromatic N) is 4. The molecular weight excluding hydrogens is 226 g/mol. The van der Waals surface area contributed by atoms with Crippen LogP contribution in [0, 0.1) is 0 Å². The van der Waals surface area contributed by atoms with E-state index in [1.807, 2.05) is 12.4 Å². The van der Waals surface area contributed by atoms with Crippen LogP contribution in [-0.4, -0.2) is 54.6 Å². The van der Waals surface area contributed by atoms with Crippen molar-refractivity contribution in [3.8, 4) is 0 Å². The fraction of sp³-hybridized carbons (Fsp3) is 0.692. The number of anilines is 1. The summed E-state index contributed by atoms with van der Waals surface area (Å²) in [6.07, 6.45) is 4.97. The number of aromatic nitrogens is 2. The van der Waals surface area contributed by atoms with Crippen molar-refractivity contribution in [1.29, 1.82) is 0 Å². The zero-order valence-electron chi connectivity index (χ0n) is 11.4. The van der Waals surface area contributed by atoms with Crippen molar-refractivity contribution in [2.45, 2.75) is 19.9 Å². The van der Waals surface area contributed by atoms with Crippen molar-refractivity contribution < 1.29 is 0 Å². The fourth-order valence-corrected chi connectivity index (χ4v) is 2.13. The van der Waals surface area contributed by atoms with Gasteiger partial charge in [0.2, 0.25) is 0 Å². The van der Waals surface area contributed by atoms with Crippen molar-refractivity contribution >= 4 is 5.82 Å². The van der Waals surface area contributed by atoms with Gasteiger partial charge in [-0.15, -0.1) is 0 Å². The van der Waals surface area contributed by atoms with Gasteiger partial charge < -0.3 is 15.1 Å². The van der Waals surface area contributed by atoms with Gasteiger partial charge in [-0.25, -0.2) is 4.98 Å². The molecule has 18 heavy (non-hydrogen) atoms. The maximum Gasteiger partial charge on any atom is 0.147 e. The lowest BCUT2D eigenvalue weighted by molar-refractivity contribution is 0.360. The highest BCUT2D eigenvalue weighted by molar-refractivity contribution is 5.35. The molecule has 2 heterocycles. The Morgan fingerprint density at radius 1 is 1.17 bits per heavy atom. The average molecular weight is 249 g/mol. The van der Waals surface area contributed by atoms with Gasteiger partial charge in [-0.05, 0) is 26.6 Å². The normalized spacial score (nSPS) is 17.8. The van der Waals surface area contributed by atoms with Gasteiger partial charge in [-0.2, -0.15) is 0 Å². The van der Waals surface area contributed by atoms with E-state index in [1.165, 1.54) is 13.0 Å². The van der Waals surface area contributed by atoms with Crippen LogP contribution in [-0.2, 0) is 6.54 Å². The predicted octanol–water partition coefficient (Wildman–Crippen LogP) is 0.728. The SMILES string of the molecule is CCNCc1cnc(N2CCCN(C)CC2)cn1. The first-order valence-electron chi connectivity index (χ1n) is 6.74. The highest BCUT2D eigenvalue weighted by Crippen LogP contribution is 2.12. The Bertz CT molecular complexity index is 351. The van der Waals surface area contributed by atoms with Gasteiger partial charge >= 0.3 is 0 Å². The molecule has 1 aliphatic rings. The molecule has 0 amide bonds. The van der Waals surface area contributed by atoms with Crippen molar-refractivity contribution in [2.24, 2.45) is 0 Å². The molecule has 5 heteroatoms. The summed E-state index contributed by atoms with van der Waals surface area (Å²) in [6, 6.07) is 0. The second-order valence-corrected chi connectivity index (χ2v) is 4.79. The summed E-state index contributed by atoms with van der Waals surface area (Å²) in [7, 11) is 2.18. The van der Waals surface area contributed by atoms with Crippen LogP contribution >= 0.6 is 0 Å². The Morgan fingerprint density at radius 2 is 2.06 bits per heavy atom. The predicted molar refractivity (Wildman–Crippen MR) is 73.7 cm³/mol. The molecule has 1 aliphatic heterocycles. The van der Waals surface area contributed by atoms with Crippen LogP contribution in [0.2, 0.25) is 0 Å². The minimum Gasteiger partial charge on any atom is -0.354 e. The molecule has 100 valence electrons. The minimum absolute atomic E-state index is 0.798. The monoisotopic (exact) mass is 249 g/mol. The Balaban J connectivity index is 1.95. The number of nitrogens with one attached hydrogen (secondary N) is 1. The molecule has 0 spiro atoms. The average Bonchev–Trinajstić information content (AvgIpc) is 2.62. The molecule has 5 nitrogen and oxygen atoms in total. The van der Waals surface area contributed by atoms with E-state index < -0.39 is 0 Å². The van der Waals surface area contributed by atoms with E-state index in [1.54, 1.807) is 0 Å². The molecule has 1 aromatic rings. The standard InChI is InChI=1S/C13H23N5/c1-3-14-9-12-10-16-13(11-15-12)18-6-4-5-17(2)7-8-18/h10-11,14H,3-9H2,1-2H3. The summed E-state index contributed by atoms with van der Waals surface area (Å²) >= 11 is 0. The van der Waals surface area contributed by atoms with Crippen molar-refractivity contribution in [2.75, 3.05) is 44.7 Å². The lowest BCUT2D eigenvalue weighted by Crippen LogP contribution is -2.29. The van der Waals surface area contributed by atoms with Crippen LogP contribution in [0.25, 0.3) is 0 Å². The summed E-state index contributed by atoms with van der Waals surface area (Å²) in [4.78, 5) is 13.7. The molecule has 0 bridgehead atoms. The first-order valence-corrected chi connectivity index (χ1v) is 6.74. The molecule has 0 atom stereocenters. The summed E-state index contributed by atoms with van der Waals surface area (Å²) in [5.74, 6) is 1.01. The van der Waals surface area contributed by atoms with E-state index in [4.69, 9.17) is 0 Å². The third kappa shape index (κ3) is 3.65. The van der Waals surface area contributed by atoms with Gasteiger partial charge in [-0.1, -0.05) is 6.92 Å². The first-order chi connectivity index (χ1) is 8.79. The molecule has 0 aromatic carbocycles. The summed E-state index contributed by atoms with van der Waals surface area (Å²) < 4.78 is 0. The zero-order chi connectivity index (χ0) is 12.8. The highest BCUT2D eigenvalue weighted by Gasteiger charge is 2.13. The zero-order valence-corrected chi connectivity index (χ0v) is 11.4. The van der Waals surface area contributed by atoms with Gasteiger partial charge in [0.15, 0.2) is 0 Å². The summed E-state index contributed by atoms with van der Waals surface area (Å²) in [6.45, 7) is 8.23.